The Labute approximate surface area is 120 Å². The van der Waals surface area contributed by atoms with Gasteiger partial charge in [-0.2, -0.15) is 5.26 Å². The van der Waals surface area contributed by atoms with E-state index in [9.17, 15) is 10.1 Å². The van der Waals surface area contributed by atoms with Crippen LogP contribution in [0.3, 0.4) is 0 Å². The number of hydrogen-bond donors (Lipinski definition) is 0. The topological polar surface area (TPSA) is 47.3 Å². The summed E-state index contributed by atoms with van der Waals surface area (Å²) in [6.07, 6.45) is 1.96. The molecule has 1 aliphatic heterocycles. The second-order valence-corrected chi connectivity index (χ2v) is 5.46. The first-order valence-electron chi connectivity index (χ1n) is 7.03. The SMILES string of the molecule is CN1CCC(N(C)C(=O)C(C#N)c2ccccc2)CC1. The standard InChI is InChI=1S/C16H21N3O/c1-18-10-8-14(9-11-18)19(2)16(20)15(12-17)13-6-4-3-5-7-13/h3-7,14-15H,8-11H2,1-2H3. The predicted molar refractivity (Wildman–Crippen MR) is 78.1 cm³/mol. The Morgan fingerprint density at radius 2 is 1.95 bits per heavy atom. The van der Waals surface area contributed by atoms with Crippen molar-refractivity contribution in [3.63, 3.8) is 0 Å². The quantitative estimate of drug-likeness (QED) is 0.843. The lowest BCUT2D eigenvalue weighted by Gasteiger charge is -2.35. The van der Waals surface area contributed by atoms with Crippen molar-refractivity contribution in [2.24, 2.45) is 0 Å². The summed E-state index contributed by atoms with van der Waals surface area (Å²) >= 11 is 0. The predicted octanol–water partition coefficient (Wildman–Crippen LogP) is 1.85. The van der Waals surface area contributed by atoms with Gasteiger partial charge in [-0.1, -0.05) is 30.3 Å². The van der Waals surface area contributed by atoms with E-state index in [0.29, 0.717) is 0 Å². The van der Waals surface area contributed by atoms with Gasteiger partial charge < -0.3 is 9.80 Å². The van der Waals surface area contributed by atoms with E-state index >= 15 is 0 Å². The second kappa shape index (κ2) is 6.53. The van der Waals surface area contributed by atoms with Crippen LogP contribution in [0.15, 0.2) is 30.3 Å². The first-order chi connectivity index (χ1) is 9.63. The van der Waals surface area contributed by atoms with E-state index in [1.165, 1.54) is 0 Å². The van der Waals surface area contributed by atoms with Gasteiger partial charge in [0.2, 0.25) is 5.91 Å². The smallest absolute Gasteiger partial charge is 0.244 e. The van der Waals surface area contributed by atoms with Crippen LogP contribution in [-0.2, 0) is 4.79 Å². The van der Waals surface area contributed by atoms with Crippen molar-refractivity contribution in [2.45, 2.75) is 24.8 Å². The summed E-state index contributed by atoms with van der Waals surface area (Å²) in [5.41, 5.74) is 0.778. The molecule has 0 aromatic heterocycles. The average Bonchev–Trinajstić information content (AvgIpc) is 2.49. The van der Waals surface area contributed by atoms with E-state index in [0.717, 1.165) is 31.5 Å². The van der Waals surface area contributed by atoms with Gasteiger partial charge in [-0.3, -0.25) is 4.79 Å². The van der Waals surface area contributed by atoms with Gasteiger partial charge in [0.15, 0.2) is 0 Å². The molecule has 1 saturated heterocycles. The maximum absolute atomic E-state index is 12.5. The minimum atomic E-state index is -0.694. The summed E-state index contributed by atoms with van der Waals surface area (Å²) in [4.78, 5) is 16.6. The summed E-state index contributed by atoms with van der Waals surface area (Å²) in [5, 5.41) is 9.33. The zero-order chi connectivity index (χ0) is 14.5. The summed E-state index contributed by atoms with van der Waals surface area (Å²) in [5.74, 6) is -0.783. The minimum absolute atomic E-state index is 0.0896. The van der Waals surface area contributed by atoms with Crippen molar-refractivity contribution >= 4 is 5.91 Å². The van der Waals surface area contributed by atoms with Gasteiger partial charge in [0, 0.05) is 13.1 Å². The molecule has 2 rings (SSSR count). The lowest BCUT2D eigenvalue weighted by molar-refractivity contribution is -0.133. The van der Waals surface area contributed by atoms with Gasteiger partial charge in [-0.15, -0.1) is 0 Å². The van der Waals surface area contributed by atoms with Crippen molar-refractivity contribution < 1.29 is 4.79 Å². The van der Waals surface area contributed by atoms with Crippen LogP contribution in [0, 0.1) is 11.3 Å². The first kappa shape index (κ1) is 14.5. The molecule has 0 radical (unpaired) electrons. The number of hydrogen-bond acceptors (Lipinski definition) is 3. The van der Waals surface area contributed by atoms with E-state index < -0.39 is 5.92 Å². The van der Waals surface area contributed by atoms with E-state index in [-0.39, 0.29) is 11.9 Å². The maximum atomic E-state index is 12.5. The molecule has 4 nitrogen and oxygen atoms in total. The summed E-state index contributed by atoms with van der Waals surface area (Å²) in [7, 11) is 3.92. The van der Waals surface area contributed by atoms with Crippen molar-refractivity contribution in [2.75, 3.05) is 27.2 Å². The number of nitrogens with zero attached hydrogens (tertiary/aromatic N) is 3. The molecule has 1 atom stereocenters. The molecule has 0 bridgehead atoms. The number of likely N-dealkylation sites (N-methyl/N-ethyl adjacent to an activating group) is 1. The molecular weight excluding hydrogens is 250 g/mol. The lowest BCUT2D eigenvalue weighted by Crippen LogP contribution is -2.45. The molecule has 1 aliphatic rings. The van der Waals surface area contributed by atoms with Crippen LogP contribution in [-0.4, -0.2) is 48.9 Å². The Morgan fingerprint density at radius 1 is 1.35 bits per heavy atom. The Morgan fingerprint density at radius 3 is 2.50 bits per heavy atom. The molecule has 0 spiro atoms. The molecule has 1 fully saturated rings. The van der Waals surface area contributed by atoms with Gasteiger partial charge in [0.05, 0.1) is 6.07 Å². The highest BCUT2D eigenvalue weighted by atomic mass is 16.2. The third kappa shape index (κ3) is 3.17. The minimum Gasteiger partial charge on any atom is -0.341 e. The molecule has 106 valence electrons. The number of piperidine rings is 1. The largest absolute Gasteiger partial charge is 0.341 e. The van der Waals surface area contributed by atoms with Gasteiger partial charge in [0.25, 0.3) is 0 Å². The summed E-state index contributed by atoms with van der Waals surface area (Å²) in [6, 6.07) is 11.7. The van der Waals surface area contributed by atoms with E-state index in [1.807, 2.05) is 37.4 Å². The number of nitriles is 1. The number of amides is 1. The van der Waals surface area contributed by atoms with E-state index in [4.69, 9.17) is 0 Å². The van der Waals surface area contributed by atoms with Crippen LogP contribution < -0.4 is 0 Å². The van der Waals surface area contributed by atoms with Crippen molar-refractivity contribution in [3.05, 3.63) is 35.9 Å². The fourth-order valence-corrected chi connectivity index (χ4v) is 2.68. The maximum Gasteiger partial charge on any atom is 0.244 e. The highest BCUT2D eigenvalue weighted by Gasteiger charge is 2.29. The van der Waals surface area contributed by atoms with E-state index in [2.05, 4.69) is 18.0 Å². The number of likely N-dealkylation sites (tertiary alicyclic amines) is 1. The fourth-order valence-electron chi connectivity index (χ4n) is 2.68. The molecule has 20 heavy (non-hydrogen) atoms. The van der Waals surface area contributed by atoms with Crippen LogP contribution >= 0.6 is 0 Å². The number of carbonyl (C=O) groups is 1. The molecule has 0 N–H and O–H groups in total. The Balaban J connectivity index is 2.07. The Kier molecular flexibility index (Phi) is 4.75. The van der Waals surface area contributed by atoms with Crippen molar-refractivity contribution in [3.8, 4) is 6.07 Å². The third-order valence-corrected chi connectivity index (χ3v) is 4.09. The summed E-state index contributed by atoms with van der Waals surface area (Å²) < 4.78 is 0. The monoisotopic (exact) mass is 271 g/mol. The third-order valence-electron chi connectivity index (χ3n) is 4.09. The highest BCUT2D eigenvalue weighted by Crippen LogP contribution is 2.21. The number of rotatable bonds is 3. The van der Waals surface area contributed by atoms with Crippen LogP contribution in [0.5, 0.6) is 0 Å². The average molecular weight is 271 g/mol. The van der Waals surface area contributed by atoms with Crippen LogP contribution in [0.4, 0.5) is 0 Å². The van der Waals surface area contributed by atoms with Gasteiger partial charge in [-0.25, -0.2) is 0 Å². The van der Waals surface area contributed by atoms with Crippen LogP contribution in [0.25, 0.3) is 0 Å². The zero-order valence-electron chi connectivity index (χ0n) is 12.1. The molecule has 1 aromatic rings. The molecule has 1 aromatic carbocycles. The Bertz CT molecular complexity index is 486. The molecule has 1 unspecified atom stereocenters. The highest BCUT2D eigenvalue weighted by molar-refractivity contribution is 5.86. The van der Waals surface area contributed by atoms with Gasteiger partial charge in [-0.05, 0) is 38.5 Å². The van der Waals surface area contributed by atoms with Gasteiger partial charge in [0.1, 0.15) is 5.92 Å². The molecular formula is C16H21N3O. The molecule has 0 aliphatic carbocycles. The van der Waals surface area contributed by atoms with Crippen molar-refractivity contribution in [1.29, 1.82) is 5.26 Å². The number of carbonyl (C=O) groups excluding carboxylic acids is 1. The second-order valence-electron chi connectivity index (χ2n) is 5.46. The molecule has 1 heterocycles. The zero-order valence-corrected chi connectivity index (χ0v) is 12.1. The van der Waals surface area contributed by atoms with E-state index in [1.54, 1.807) is 4.90 Å². The Hall–Kier alpha value is -1.86. The lowest BCUT2D eigenvalue weighted by atomic mass is 9.97. The number of benzene rings is 1. The van der Waals surface area contributed by atoms with Gasteiger partial charge >= 0.3 is 0 Å². The van der Waals surface area contributed by atoms with Crippen LogP contribution in [0.1, 0.15) is 24.3 Å². The van der Waals surface area contributed by atoms with Crippen molar-refractivity contribution in [1.82, 2.24) is 9.80 Å². The molecule has 1 amide bonds. The fraction of sp³-hybridized carbons (Fsp3) is 0.500. The summed E-state index contributed by atoms with van der Waals surface area (Å²) in [6.45, 7) is 2.01. The molecule has 4 heteroatoms. The van der Waals surface area contributed by atoms with Crippen LogP contribution in [0.2, 0.25) is 0 Å². The normalized spacial score (nSPS) is 18.2. The molecule has 0 saturated carbocycles. The first-order valence-corrected chi connectivity index (χ1v) is 7.03.